The van der Waals surface area contributed by atoms with E-state index in [0.717, 1.165) is 18.6 Å². The fourth-order valence-electron chi connectivity index (χ4n) is 2.24. The smallest absolute Gasteiger partial charge is 0.406 e. The summed E-state index contributed by atoms with van der Waals surface area (Å²) in [7, 11) is 0. The Balaban J connectivity index is 1.86. The second kappa shape index (κ2) is 9.63. The van der Waals surface area contributed by atoms with Gasteiger partial charge in [-0.1, -0.05) is 13.0 Å². The predicted molar refractivity (Wildman–Crippen MR) is 99.3 cm³/mol. The van der Waals surface area contributed by atoms with Crippen LogP contribution in [-0.4, -0.2) is 31.3 Å². The lowest BCUT2D eigenvalue weighted by Crippen LogP contribution is -2.24. The van der Waals surface area contributed by atoms with Gasteiger partial charge in [0.15, 0.2) is 0 Å². The maximum atomic E-state index is 12.1. The van der Waals surface area contributed by atoms with Gasteiger partial charge >= 0.3 is 6.36 Å². The van der Waals surface area contributed by atoms with E-state index in [1.807, 2.05) is 6.92 Å². The molecule has 0 atom stereocenters. The first-order chi connectivity index (χ1) is 13.3. The molecule has 0 heterocycles. The van der Waals surface area contributed by atoms with Gasteiger partial charge in [-0.3, -0.25) is 9.59 Å². The summed E-state index contributed by atoms with van der Waals surface area (Å²) in [5.74, 6) is -0.969. The molecule has 2 aromatic rings. The first-order valence-corrected chi connectivity index (χ1v) is 8.54. The van der Waals surface area contributed by atoms with Gasteiger partial charge in [-0.05, 0) is 48.9 Å². The van der Waals surface area contributed by atoms with Crippen LogP contribution in [0.2, 0.25) is 0 Å². The normalized spacial score (nSPS) is 10.9. The fraction of sp³-hybridized carbons (Fsp3) is 0.263. The van der Waals surface area contributed by atoms with Gasteiger partial charge in [-0.25, -0.2) is 0 Å². The maximum absolute atomic E-state index is 12.1. The van der Waals surface area contributed by atoms with Crippen molar-refractivity contribution in [3.63, 3.8) is 0 Å². The zero-order valence-electron chi connectivity index (χ0n) is 15.1. The SMILES string of the molecule is CCCNC(=O)c1cccc(NCC(=O)Nc2ccc(OC(F)(F)F)cc2)c1. The number of rotatable bonds is 8. The summed E-state index contributed by atoms with van der Waals surface area (Å²) < 4.78 is 40.1. The molecule has 6 nitrogen and oxygen atoms in total. The van der Waals surface area contributed by atoms with Crippen LogP contribution >= 0.6 is 0 Å². The Kier molecular flexibility index (Phi) is 7.25. The molecule has 0 fully saturated rings. The Morgan fingerprint density at radius 2 is 1.75 bits per heavy atom. The molecular formula is C19H20F3N3O3. The third-order valence-electron chi connectivity index (χ3n) is 3.49. The first kappa shape index (κ1) is 21.1. The van der Waals surface area contributed by atoms with Crippen molar-refractivity contribution in [2.24, 2.45) is 0 Å². The van der Waals surface area contributed by atoms with Crippen molar-refractivity contribution in [3.05, 3.63) is 54.1 Å². The Labute approximate surface area is 160 Å². The number of amides is 2. The molecule has 0 aliphatic rings. The quantitative estimate of drug-likeness (QED) is 0.636. The largest absolute Gasteiger partial charge is 0.573 e. The van der Waals surface area contributed by atoms with Crippen LogP contribution in [0.3, 0.4) is 0 Å². The van der Waals surface area contributed by atoms with Crippen LogP contribution in [-0.2, 0) is 4.79 Å². The molecular weight excluding hydrogens is 375 g/mol. The van der Waals surface area contributed by atoms with Gasteiger partial charge in [0, 0.05) is 23.5 Å². The number of ether oxygens (including phenoxy) is 1. The molecule has 2 aromatic carbocycles. The summed E-state index contributed by atoms with van der Waals surface area (Å²) >= 11 is 0. The summed E-state index contributed by atoms with van der Waals surface area (Å²) in [5.41, 5.74) is 1.39. The van der Waals surface area contributed by atoms with Crippen LogP contribution in [0.15, 0.2) is 48.5 Å². The highest BCUT2D eigenvalue weighted by Gasteiger charge is 2.30. The van der Waals surface area contributed by atoms with Crippen LogP contribution in [0.5, 0.6) is 5.75 Å². The maximum Gasteiger partial charge on any atom is 0.573 e. The standard InChI is InChI=1S/C19H20F3N3O3/c1-2-10-23-18(27)13-4-3-5-15(11-13)24-12-17(26)25-14-6-8-16(9-7-14)28-19(20,21)22/h3-9,11,24H,2,10,12H2,1H3,(H,23,27)(H,25,26). The zero-order chi connectivity index (χ0) is 20.6. The highest BCUT2D eigenvalue weighted by Crippen LogP contribution is 2.23. The number of carbonyl (C=O) groups is 2. The zero-order valence-corrected chi connectivity index (χ0v) is 15.1. The number of hydrogen-bond acceptors (Lipinski definition) is 4. The van der Waals surface area contributed by atoms with Crippen LogP contribution in [0, 0.1) is 0 Å². The Bertz CT molecular complexity index is 808. The Morgan fingerprint density at radius 1 is 1.04 bits per heavy atom. The van der Waals surface area contributed by atoms with Crippen molar-refractivity contribution >= 4 is 23.2 Å². The van der Waals surface area contributed by atoms with Crippen LogP contribution < -0.4 is 20.7 Å². The molecule has 28 heavy (non-hydrogen) atoms. The van der Waals surface area contributed by atoms with E-state index in [0.29, 0.717) is 23.5 Å². The van der Waals surface area contributed by atoms with E-state index in [9.17, 15) is 22.8 Å². The van der Waals surface area contributed by atoms with Gasteiger partial charge in [0.1, 0.15) is 5.75 Å². The van der Waals surface area contributed by atoms with E-state index in [2.05, 4.69) is 20.7 Å². The lowest BCUT2D eigenvalue weighted by Gasteiger charge is -2.11. The third kappa shape index (κ3) is 7.18. The minimum Gasteiger partial charge on any atom is -0.406 e. The van der Waals surface area contributed by atoms with Gasteiger partial charge in [-0.2, -0.15) is 0 Å². The first-order valence-electron chi connectivity index (χ1n) is 8.54. The van der Waals surface area contributed by atoms with Gasteiger partial charge in [0.25, 0.3) is 5.91 Å². The molecule has 0 bridgehead atoms. The number of benzene rings is 2. The molecule has 0 unspecified atom stereocenters. The van der Waals surface area contributed by atoms with Gasteiger partial charge in [-0.15, -0.1) is 13.2 Å². The number of anilines is 2. The number of alkyl halides is 3. The second-order valence-electron chi connectivity index (χ2n) is 5.81. The molecule has 2 amide bonds. The Morgan fingerprint density at radius 3 is 2.39 bits per heavy atom. The summed E-state index contributed by atoms with van der Waals surface area (Å²) in [6, 6.07) is 11.5. The van der Waals surface area contributed by atoms with Crippen molar-refractivity contribution in [3.8, 4) is 5.75 Å². The topological polar surface area (TPSA) is 79.5 Å². The summed E-state index contributed by atoms with van der Waals surface area (Å²) in [4.78, 5) is 23.9. The van der Waals surface area contributed by atoms with Gasteiger partial charge < -0.3 is 20.7 Å². The number of carbonyl (C=O) groups excluding carboxylic acids is 2. The minimum atomic E-state index is -4.77. The van der Waals surface area contributed by atoms with Crippen molar-refractivity contribution in [1.82, 2.24) is 5.32 Å². The lowest BCUT2D eigenvalue weighted by atomic mass is 10.2. The average molecular weight is 395 g/mol. The molecule has 0 saturated carbocycles. The van der Waals surface area contributed by atoms with E-state index in [-0.39, 0.29) is 18.2 Å². The Hall–Kier alpha value is -3.23. The van der Waals surface area contributed by atoms with Crippen molar-refractivity contribution in [2.75, 3.05) is 23.7 Å². The highest BCUT2D eigenvalue weighted by molar-refractivity contribution is 5.96. The van der Waals surface area contributed by atoms with E-state index in [1.54, 1.807) is 24.3 Å². The van der Waals surface area contributed by atoms with Crippen molar-refractivity contribution in [2.45, 2.75) is 19.7 Å². The monoisotopic (exact) mass is 395 g/mol. The van der Waals surface area contributed by atoms with Crippen molar-refractivity contribution in [1.29, 1.82) is 0 Å². The molecule has 9 heteroatoms. The van der Waals surface area contributed by atoms with E-state index >= 15 is 0 Å². The molecule has 0 aliphatic carbocycles. The molecule has 0 spiro atoms. The third-order valence-corrected chi connectivity index (χ3v) is 3.49. The lowest BCUT2D eigenvalue weighted by molar-refractivity contribution is -0.274. The molecule has 0 aliphatic heterocycles. The number of halogens is 3. The molecule has 0 radical (unpaired) electrons. The summed E-state index contributed by atoms with van der Waals surface area (Å²) in [5, 5.41) is 8.21. The van der Waals surface area contributed by atoms with Gasteiger partial charge in [0.2, 0.25) is 5.91 Å². The number of hydrogen-bond donors (Lipinski definition) is 3. The van der Waals surface area contributed by atoms with E-state index in [4.69, 9.17) is 0 Å². The fourth-order valence-corrected chi connectivity index (χ4v) is 2.24. The molecule has 3 N–H and O–H groups in total. The summed E-state index contributed by atoms with van der Waals surface area (Å²) in [6.45, 7) is 2.44. The predicted octanol–water partition coefficient (Wildman–Crippen LogP) is 3.78. The minimum absolute atomic E-state index is 0.0825. The van der Waals surface area contributed by atoms with E-state index < -0.39 is 12.3 Å². The second-order valence-corrected chi connectivity index (χ2v) is 5.81. The molecule has 150 valence electrons. The average Bonchev–Trinajstić information content (AvgIpc) is 2.65. The van der Waals surface area contributed by atoms with Crippen LogP contribution in [0.1, 0.15) is 23.7 Å². The summed E-state index contributed by atoms with van der Waals surface area (Å²) in [6.07, 6.45) is -3.94. The molecule has 2 rings (SSSR count). The van der Waals surface area contributed by atoms with Gasteiger partial charge in [0.05, 0.1) is 6.54 Å². The molecule has 0 aromatic heterocycles. The van der Waals surface area contributed by atoms with Crippen LogP contribution in [0.25, 0.3) is 0 Å². The van der Waals surface area contributed by atoms with Crippen LogP contribution in [0.4, 0.5) is 24.5 Å². The van der Waals surface area contributed by atoms with Crippen molar-refractivity contribution < 1.29 is 27.5 Å². The highest BCUT2D eigenvalue weighted by atomic mass is 19.4. The van der Waals surface area contributed by atoms with E-state index in [1.165, 1.54) is 12.1 Å². The number of nitrogens with one attached hydrogen (secondary N) is 3. The molecule has 0 saturated heterocycles.